The van der Waals surface area contributed by atoms with Crippen LogP contribution in [0.3, 0.4) is 0 Å². The van der Waals surface area contributed by atoms with Gasteiger partial charge in [0.25, 0.3) is 10.2 Å². The van der Waals surface area contributed by atoms with Crippen LogP contribution in [0.1, 0.15) is 25.0 Å². The summed E-state index contributed by atoms with van der Waals surface area (Å²) in [6, 6.07) is 7.29. The molecule has 1 aliphatic rings. The standard InChI is InChI=1S/C16H25N3O3S/c1-12(2)15(17-23(21,22)18(3)4)16(20)19-10-9-13-7-5-6-8-14(13)11-19/h5-8,12,15,17H,9-11H2,1-4H3/t15-/m0/s1. The smallest absolute Gasteiger partial charge is 0.279 e. The maximum Gasteiger partial charge on any atom is 0.279 e. The molecule has 2 rings (SSSR count). The van der Waals surface area contributed by atoms with Gasteiger partial charge < -0.3 is 4.90 Å². The van der Waals surface area contributed by atoms with E-state index in [9.17, 15) is 13.2 Å². The van der Waals surface area contributed by atoms with Gasteiger partial charge in [-0.3, -0.25) is 4.79 Å². The molecular weight excluding hydrogens is 314 g/mol. The number of amides is 1. The molecule has 0 saturated heterocycles. The molecule has 1 N–H and O–H groups in total. The van der Waals surface area contributed by atoms with Gasteiger partial charge in [-0.15, -0.1) is 0 Å². The predicted molar refractivity (Wildman–Crippen MR) is 89.9 cm³/mol. The number of benzene rings is 1. The lowest BCUT2D eigenvalue weighted by molar-refractivity contribution is -0.135. The highest BCUT2D eigenvalue weighted by atomic mass is 32.2. The Morgan fingerprint density at radius 1 is 1.22 bits per heavy atom. The van der Waals surface area contributed by atoms with Crippen molar-refractivity contribution in [2.24, 2.45) is 5.92 Å². The first-order valence-corrected chi connectivity index (χ1v) is 9.21. The van der Waals surface area contributed by atoms with Crippen LogP contribution >= 0.6 is 0 Å². The van der Waals surface area contributed by atoms with Crippen LogP contribution in [0.25, 0.3) is 0 Å². The van der Waals surface area contributed by atoms with Crippen LogP contribution in [0.15, 0.2) is 24.3 Å². The summed E-state index contributed by atoms with van der Waals surface area (Å²) in [5.74, 6) is -0.297. The van der Waals surface area contributed by atoms with Gasteiger partial charge in [-0.05, 0) is 23.5 Å². The van der Waals surface area contributed by atoms with E-state index in [1.54, 1.807) is 4.90 Å². The van der Waals surface area contributed by atoms with Crippen LogP contribution in [0.2, 0.25) is 0 Å². The van der Waals surface area contributed by atoms with E-state index >= 15 is 0 Å². The molecule has 0 saturated carbocycles. The third-order valence-electron chi connectivity index (χ3n) is 4.13. The molecular formula is C16H25N3O3S. The highest BCUT2D eigenvalue weighted by Crippen LogP contribution is 2.20. The molecule has 6 nitrogen and oxygen atoms in total. The largest absolute Gasteiger partial charge is 0.337 e. The van der Waals surface area contributed by atoms with E-state index < -0.39 is 16.3 Å². The lowest BCUT2D eigenvalue weighted by Crippen LogP contribution is -2.54. The first-order chi connectivity index (χ1) is 10.7. The van der Waals surface area contributed by atoms with Crippen LogP contribution < -0.4 is 4.72 Å². The quantitative estimate of drug-likeness (QED) is 0.870. The topological polar surface area (TPSA) is 69.7 Å². The number of rotatable bonds is 5. The van der Waals surface area contributed by atoms with Gasteiger partial charge in [0.2, 0.25) is 5.91 Å². The predicted octanol–water partition coefficient (Wildman–Crippen LogP) is 0.992. The summed E-state index contributed by atoms with van der Waals surface area (Å²) in [7, 11) is -0.759. The van der Waals surface area contributed by atoms with Crippen LogP contribution in [0, 0.1) is 5.92 Å². The maximum absolute atomic E-state index is 12.8. The van der Waals surface area contributed by atoms with E-state index in [1.165, 1.54) is 19.7 Å². The van der Waals surface area contributed by atoms with Crippen molar-refractivity contribution in [2.45, 2.75) is 32.9 Å². The van der Waals surface area contributed by atoms with E-state index in [0.717, 1.165) is 16.3 Å². The van der Waals surface area contributed by atoms with Crippen molar-refractivity contribution in [3.63, 3.8) is 0 Å². The Morgan fingerprint density at radius 2 is 1.83 bits per heavy atom. The van der Waals surface area contributed by atoms with Crippen molar-refractivity contribution in [1.29, 1.82) is 0 Å². The van der Waals surface area contributed by atoms with Gasteiger partial charge >= 0.3 is 0 Å². The van der Waals surface area contributed by atoms with Crippen molar-refractivity contribution in [3.05, 3.63) is 35.4 Å². The first kappa shape index (κ1) is 17.9. The van der Waals surface area contributed by atoms with E-state index in [2.05, 4.69) is 10.8 Å². The molecule has 128 valence electrons. The van der Waals surface area contributed by atoms with Gasteiger partial charge in [-0.25, -0.2) is 0 Å². The molecule has 1 aliphatic heterocycles. The summed E-state index contributed by atoms with van der Waals surface area (Å²) < 4.78 is 27.8. The van der Waals surface area contributed by atoms with Crippen molar-refractivity contribution >= 4 is 16.1 Å². The molecule has 1 atom stereocenters. The summed E-state index contributed by atoms with van der Waals surface area (Å²) in [6.45, 7) is 4.84. The Morgan fingerprint density at radius 3 is 2.39 bits per heavy atom. The fourth-order valence-corrected chi connectivity index (χ4v) is 3.52. The van der Waals surface area contributed by atoms with E-state index in [-0.39, 0.29) is 11.8 Å². The van der Waals surface area contributed by atoms with Crippen LogP contribution in [0.5, 0.6) is 0 Å². The second-order valence-electron chi connectivity index (χ2n) is 6.41. The number of carbonyl (C=O) groups excluding carboxylic acids is 1. The van der Waals surface area contributed by atoms with Gasteiger partial charge in [0.1, 0.15) is 6.04 Å². The zero-order valence-electron chi connectivity index (χ0n) is 14.1. The second kappa shape index (κ2) is 6.98. The lowest BCUT2D eigenvalue weighted by atomic mass is 9.97. The summed E-state index contributed by atoms with van der Waals surface area (Å²) in [5, 5.41) is 0. The fourth-order valence-electron chi connectivity index (χ4n) is 2.62. The molecule has 1 aromatic rings. The first-order valence-electron chi connectivity index (χ1n) is 7.77. The Balaban J connectivity index is 2.17. The fraction of sp³-hybridized carbons (Fsp3) is 0.562. The molecule has 23 heavy (non-hydrogen) atoms. The van der Waals surface area contributed by atoms with Crippen LogP contribution in [-0.2, 0) is 28.0 Å². The second-order valence-corrected chi connectivity index (χ2v) is 8.32. The highest BCUT2D eigenvalue weighted by molar-refractivity contribution is 7.87. The van der Waals surface area contributed by atoms with Gasteiger partial charge in [0.05, 0.1) is 0 Å². The third kappa shape index (κ3) is 4.10. The van der Waals surface area contributed by atoms with Gasteiger partial charge in [0, 0.05) is 27.2 Å². The Bertz CT molecular complexity index is 671. The summed E-state index contributed by atoms with van der Waals surface area (Å²) in [4.78, 5) is 14.6. The Labute approximate surface area is 138 Å². The number of nitrogens with one attached hydrogen (secondary N) is 1. The van der Waals surface area contributed by atoms with Gasteiger partial charge in [-0.1, -0.05) is 38.1 Å². The summed E-state index contributed by atoms with van der Waals surface area (Å²) >= 11 is 0. The van der Waals surface area contributed by atoms with Gasteiger partial charge in [0.15, 0.2) is 0 Å². The molecule has 1 heterocycles. The van der Waals surface area contributed by atoms with Crippen LogP contribution in [-0.4, -0.2) is 50.2 Å². The summed E-state index contributed by atoms with van der Waals surface area (Å²) in [5.41, 5.74) is 2.39. The zero-order chi connectivity index (χ0) is 17.2. The number of hydrogen-bond donors (Lipinski definition) is 1. The third-order valence-corrected chi connectivity index (χ3v) is 5.64. The Kier molecular flexibility index (Phi) is 5.44. The number of fused-ring (bicyclic) bond motifs is 1. The van der Waals surface area contributed by atoms with Crippen molar-refractivity contribution in [3.8, 4) is 0 Å². The van der Waals surface area contributed by atoms with E-state index in [4.69, 9.17) is 0 Å². The van der Waals surface area contributed by atoms with E-state index in [0.29, 0.717) is 13.1 Å². The molecule has 0 radical (unpaired) electrons. The van der Waals surface area contributed by atoms with Gasteiger partial charge in [-0.2, -0.15) is 17.4 Å². The van der Waals surface area contributed by atoms with Crippen molar-refractivity contribution in [1.82, 2.24) is 13.9 Å². The average Bonchev–Trinajstić information content (AvgIpc) is 2.51. The monoisotopic (exact) mass is 339 g/mol. The molecule has 1 amide bonds. The summed E-state index contributed by atoms with van der Waals surface area (Å²) in [6.07, 6.45) is 0.799. The molecule has 0 aromatic heterocycles. The minimum absolute atomic E-state index is 0.130. The molecule has 7 heteroatoms. The average molecular weight is 339 g/mol. The molecule has 0 spiro atoms. The Hall–Kier alpha value is -1.44. The minimum atomic E-state index is -3.65. The minimum Gasteiger partial charge on any atom is -0.337 e. The zero-order valence-corrected chi connectivity index (χ0v) is 14.9. The molecule has 0 aliphatic carbocycles. The lowest BCUT2D eigenvalue weighted by Gasteiger charge is -2.33. The molecule has 0 fully saturated rings. The normalized spacial score (nSPS) is 16.5. The SMILES string of the molecule is CC(C)[C@H](NS(=O)(=O)N(C)C)C(=O)N1CCc2ccccc2C1. The molecule has 1 aromatic carbocycles. The number of carbonyl (C=O) groups is 1. The van der Waals surface area contributed by atoms with Crippen LogP contribution in [0.4, 0.5) is 0 Å². The van der Waals surface area contributed by atoms with E-state index in [1.807, 2.05) is 32.0 Å². The highest BCUT2D eigenvalue weighted by Gasteiger charge is 2.33. The molecule has 0 bridgehead atoms. The maximum atomic E-state index is 12.8. The van der Waals surface area contributed by atoms with Crippen molar-refractivity contribution < 1.29 is 13.2 Å². The molecule has 0 unspecified atom stereocenters. The van der Waals surface area contributed by atoms with Crippen molar-refractivity contribution in [2.75, 3.05) is 20.6 Å². The number of nitrogens with zero attached hydrogens (tertiary/aromatic N) is 2. The number of hydrogen-bond acceptors (Lipinski definition) is 3.